The third-order valence-corrected chi connectivity index (χ3v) is 6.22. The van der Waals surface area contributed by atoms with Crippen LogP contribution in [-0.2, 0) is 4.79 Å². The summed E-state index contributed by atoms with van der Waals surface area (Å²) in [5.74, 6) is 1.20. The van der Waals surface area contributed by atoms with Crippen LogP contribution in [0.3, 0.4) is 0 Å². The van der Waals surface area contributed by atoms with Crippen LogP contribution in [0.1, 0.15) is 25.8 Å². The summed E-state index contributed by atoms with van der Waals surface area (Å²) in [5.41, 5.74) is 9.15. The molecular weight excluding hydrogens is 447 g/mol. The van der Waals surface area contributed by atoms with Gasteiger partial charge in [0.25, 0.3) is 0 Å². The number of hydrogen-bond donors (Lipinski definition) is 1. The van der Waals surface area contributed by atoms with E-state index in [2.05, 4.69) is 14.9 Å². The maximum Gasteiger partial charge on any atom is 0.165 e. The number of nitrogens with two attached hydrogens (primary N) is 1. The lowest BCUT2D eigenvalue weighted by molar-refractivity contribution is -0.106. The Morgan fingerprint density at radius 1 is 1.11 bits per heavy atom. The molecule has 35 heavy (non-hydrogen) atoms. The highest BCUT2D eigenvalue weighted by atomic mass is 19.1. The molecule has 2 aromatic heterocycles. The van der Waals surface area contributed by atoms with E-state index in [1.54, 1.807) is 12.1 Å². The van der Waals surface area contributed by atoms with Gasteiger partial charge in [-0.05, 0) is 68.3 Å². The predicted molar refractivity (Wildman–Crippen MR) is 131 cm³/mol. The van der Waals surface area contributed by atoms with Gasteiger partial charge in [-0.15, -0.1) is 0 Å². The molecule has 8 nitrogen and oxygen atoms in total. The van der Waals surface area contributed by atoms with Gasteiger partial charge in [0.2, 0.25) is 0 Å². The van der Waals surface area contributed by atoms with Gasteiger partial charge < -0.3 is 15.4 Å². The first-order valence-electron chi connectivity index (χ1n) is 11.5. The smallest absolute Gasteiger partial charge is 0.165 e. The van der Waals surface area contributed by atoms with Crippen molar-refractivity contribution in [2.45, 2.75) is 25.8 Å². The molecule has 0 bridgehead atoms. The summed E-state index contributed by atoms with van der Waals surface area (Å²) in [7, 11) is 0. The lowest BCUT2D eigenvalue weighted by atomic mass is 10.1. The Bertz CT molecular complexity index is 1380. The molecule has 9 heteroatoms. The Morgan fingerprint density at radius 2 is 1.83 bits per heavy atom. The summed E-state index contributed by atoms with van der Waals surface area (Å²) in [6.07, 6.45) is 6.02. The minimum Gasteiger partial charge on any atom is -0.457 e. The first kappa shape index (κ1) is 22.5. The van der Waals surface area contributed by atoms with E-state index in [9.17, 15) is 9.18 Å². The van der Waals surface area contributed by atoms with Gasteiger partial charge in [-0.2, -0.15) is 5.10 Å². The van der Waals surface area contributed by atoms with Crippen molar-refractivity contribution in [3.63, 3.8) is 0 Å². The van der Waals surface area contributed by atoms with Gasteiger partial charge in [-0.3, -0.25) is 4.79 Å². The molecule has 3 heterocycles. The van der Waals surface area contributed by atoms with Crippen molar-refractivity contribution < 1.29 is 13.9 Å². The van der Waals surface area contributed by atoms with Crippen molar-refractivity contribution in [1.29, 1.82) is 0 Å². The summed E-state index contributed by atoms with van der Waals surface area (Å²) in [5, 5.41) is 5.62. The Kier molecular flexibility index (Phi) is 6.13. The SMILES string of the molecule is CC=C(C=O)N1CCCC(n2nc(-c3ccc(Oc4ccc(F)cc4)cc3)c3c(N)ncnc32)C1. The van der Waals surface area contributed by atoms with Gasteiger partial charge in [0.15, 0.2) is 11.9 Å². The molecule has 1 fully saturated rings. The average Bonchev–Trinajstić information content (AvgIpc) is 3.28. The molecule has 0 radical (unpaired) electrons. The Labute approximate surface area is 201 Å². The number of carbonyl (C=O) groups is 1. The second kappa shape index (κ2) is 9.54. The molecule has 4 aromatic rings. The van der Waals surface area contributed by atoms with E-state index in [1.165, 1.54) is 18.5 Å². The molecule has 2 aromatic carbocycles. The summed E-state index contributed by atoms with van der Waals surface area (Å²) < 4.78 is 20.9. The zero-order chi connectivity index (χ0) is 24.4. The molecule has 1 aliphatic rings. The monoisotopic (exact) mass is 472 g/mol. The number of rotatable bonds is 6. The van der Waals surface area contributed by atoms with Gasteiger partial charge in [-0.25, -0.2) is 19.0 Å². The van der Waals surface area contributed by atoms with Crippen LogP contribution in [-0.4, -0.2) is 44.0 Å². The first-order chi connectivity index (χ1) is 17.1. The highest BCUT2D eigenvalue weighted by Gasteiger charge is 2.27. The Morgan fingerprint density at radius 3 is 2.51 bits per heavy atom. The minimum atomic E-state index is -0.316. The van der Waals surface area contributed by atoms with Crippen LogP contribution < -0.4 is 10.5 Å². The number of halogens is 1. The molecule has 1 aliphatic heterocycles. The quantitative estimate of drug-likeness (QED) is 0.319. The summed E-state index contributed by atoms with van der Waals surface area (Å²) in [6, 6.07) is 13.3. The van der Waals surface area contributed by atoms with Crippen molar-refractivity contribution in [3.05, 3.63) is 72.4 Å². The summed E-state index contributed by atoms with van der Waals surface area (Å²) in [4.78, 5) is 22.3. The summed E-state index contributed by atoms with van der Waals surface area (Å²) in [6.45, 7) is 3.35. The molecule has 1 unspecified atom stereocenters. The van der Waals surface area contributed by atoms with Gasteiger partial charge in [0.05, 0.1) is 17.1 Å². The number of ether oxygens (including phenoxy) is 1. The molecule has 0 amide bonds. The number of nitrogen functional groups attached to an aromatic ring is 1. The molecular formula is C26H25FN6O2. The molecule has 0 aliphatic carbocycles. The Balaban J connectivity index is 1.48. The number of allylic oxidation sites excluding steroid dienone is 2. The maximum atomic E-state index is 13.2. The molecule has 178 valence electrons. The fourth-order valence-corrected chi connectivity index (χ4v) is 4.49. The van der Waals surface area contributed by atoms with E-state index in [0.29, 0.717) is 46.3 Å². The van der Waals surface area contributed by atoms with Crippen LogP contribution in [0.2, 0.25) is 0 Å². The second-order valence-electron chi connectivity index (χ2n) is 8.40. The van der Waals surface area contributed by atoms with E-state index < -0.39 is 0 Å². The van der Waals surface area contributed by atoms with Crippen LogP contribution in [0.15, 0.2) is 66.6 Å². The van der Waals surface area contributed by atoms with E-state index in [4.69, 9.17) is 15.6 Å². The fourth-order valence-electron chi connectivity index (χ4n) is 4.49. The van der Waals surface area contributed by atoms with E-state index in [0.717, 1.165) is 31.2 Å². The third kappa shape index (κ3) is 4.44. The van der Waals surface area contributed by atoms with Gasteiger partial charge in [0, 0.05) is 18.7 Å². The highest BCUT2D eigenvalue weighted by Crippen LogP contribution is 2.35. The van der Waals surface area contributed by atoms with Gasteiger partial charge in [-0.1, -0.05) is 6.08 Å². The zero-order valence-corrected chi connectivity index (χ0v) is 19.3. The zero-order valence-electron chi connectivity index (χ0n) is 19.3. The van der Waals surface area contributed by atoms with Crippen molar-refractivity contribution in [2.24, 2.45) is 0 Å². The average molecular weight is 473 g/mol. The molecule has 2 N–H and O–H groups in total. The van der Waals surface area contributed by atoms with Crippen LogP contribution in [0.5, 0.6) is 11.5 Å². The molecule has 0 saturated carbocycles. The van der Waals surface area contributed by atoms with Crippen molar-refractivity contribution in [3.8, 4) is 22.8 Å². The number of fused-ring (bicyclic) bond motifs is 1. The van der Waals surface area contributed by atoms with Crippen LogP contribution >= 0.6 is 0 Å². The van der Waals surface area contributed by atoms with E-state index in [-0.39, 0.29) is 11.9 Å². The van der Waals surface area contributed by atoms with E-state index in [1.807, 2.05) is 41.9 Å². The largest absolute Gasteiger partial charge is 0.457 e. The number of aromatic nitrogens is 4. The van der Waals surface area contributed by atoms with Gasteiger partial charge >= 0.3 is 0 Å². The normalized spacial score (nSPS) is 16.5. The Hall–Kier alpha value is -4.27. The van der Waals surface area contributed by atoms with Crippen LogP contribution in [0, 0.1) is 5.82 Å². The van der Waals surface area contributed by atoms with Crippen molar-refractivity contribution in [2.75, 3.05) is 18.8 Å². The predicted octanol–water partition coefficient (Wildman–Crippen LogP) is 4.75. The van der Waals surface area contributed by atoms with Crippen LogP contribution in [0.4, 0.5) is 10.2 Å². The lowest BCUT2D eigenvalue weighted by Gasteiger charge is -2.34. The number of anilines is 1. The summed E-state index contributed by atoms with van der Waals surface area (Å²) >= 11 is 0. The number of likely N-dealkylation sites (tertiary alicyclic amines) is 1. The lowest BCUT2D eigenvalue weighted by Crippen LogP contribution is -2.36. The van der Waals surface area contributed by atoms with Crippen molar-refractivity contribution in [1.82, 2.24) is 24.6 Å². The number of piperidine rings is 1. The standard InChI is InChI=1S/C26H25FN6O2/c1-2-19(15-34)32-13-3-4-20(14-32)33-26-23(25(28)29-16-30-26)24(31-33)17-5-9-21(10-6-17)35-22-11-7-18(27)8-12-22/h2,5-12,15-16,20H,3-4,13-14H2,1H3,(H2,28,29,30). The highest BCUT2D eigenvalue weighted by molar-refractivity contribution is 5.98. The third-order valence-electron chi connectivity index (χ3n) is 6.22. The molecule has 5 rings (SSSR count). The van der Waals surface area contributed by atoms with Gasteiger partial charge in [0.1, 0.15) is 35.2 Å². The number of aldehydes is 1. The number of nitrogens with zero attached hydrogens (tertiary/aromatic N) is 5. The molecule has 1 atom stereocenters. The fraction of sp³-hybridized carbons (Fsp3) is 0.231. The van der Waals surface area contributed by atoms with Crippen molar-refractivity contribution >= 4 is 23.1 Å². The maximum absolute atomic E-state index is 13.2. The number of hydrogen-bond acceptors (Lipinski definition) is 7. The number of carbonyl (C=O) groups excluding carboxylic acids is 1. The molecule has 1 saturated heterocycles. The number of benzene rings is 2. The minimum absolute atomic E-state index is 0.0327. The second-order valence-corrected chi connectivity index (χ2v) is 8.40. The topological polar surface area (TPSA) is 99.2 Å². The first-order valence-corrected chi connectivity index (χ1v) is 11.5. The van der Waals surface area contributed by atoms with E-state index >= 15 is 0 Å². The molecule has 0 spiro atoms. The van der Waals surface area contributed by atoms with Crippen LogP contribution in [0.25, 0.3) is 22.3 Å².